The van der Waals surface area contributed by atoms with Crippen molar-refractivity contribution in [3.8, 4) is 5.75 Å². The predicted molar refractivity (Wildman–Crippen MR) is 53.1 cm³/mol. The smallest absolute Gasteiger partial charge is 0.200 e. The van der Waals surface area contributed by atoms with Gasteiger partial charge in [-0.05, 0) is 18.9 Å². The summed E-state index contributed by atoms with van der Waals surface area (Å²) in [4.78, 5) is 3.87. The minimum atomic E-state index is -0.179. The fraction of sp³-hybridized carbons (Fsp3) is 0.400. The Labute approximate surface area is 88.0 Å². The van der Waals surface area contributed by atoms with Gasteiger partial charge in [0, 0.05) is 18.7 Å². The van der Waals surface area contributed by atoms with Crippen LogP contribution in [0.5, 0.6) is 5.75 Å². The summed E-state index contributed by atoms with van der Waals surface area (Å²) in [6.45, 7) is 0.726. The molecule has 1 aliphatic heterocycles. The average Bonchev–Trinajstić information content (AvgIpc) is 2.19. The summed E-state index contributed by atoms with van der Waals surface area (Å²) >= 11 is 5.72. The molecule has 0 aromatic carbocycles. The van der Waals surface area contributed by atoms with E-state index in [1.165, 1.54) is 0 Å². The molecule has 14 heavy (non-hydrogen) atoms. The lowest BCUT2D eigenvalue weighted by Gasteiger charge is -2.23. The first-order valence-corrected chi connectivity index (χ1v) is 4.94. The zero-order valence-electron chi connectivity index (χ0n) is 7.65. The number of nitrogens with zero attached hydrogens (tertiary/aromatic N) is 1. The number of rotatable bonds is 2. The Morgan fingerprint density at radius 1 is 1.57 bits per heavy atom. The molecule has 1 aromatic heterocycles. The van der Waals surface area contributed by atoms with Crippen LogP contribution in [0.25, 0.3) is 0 Å². The predicted octanol–water partition coefficient (Wildman–Crippen LogP) is 2.45. The van der Waals surface area contributed by atoms with Gasteiger partial charge in [-0.3, -0.25) is 0 Å². The maximum Gasteiger partial charge on any atom is 0.200 e. The van der Waals surface area contributed by atoms with Gasteiger partial charge in [-0.1, -0.05) is 11.6 Å². The first-order chi connectivity index (χ1) is 6.84. The summed E-state index contributed by atoms with van der Waals surface area (Å²) in [6.07, 6.45) is 5.42. The molecular weight excluding hydrogens is 202 g/mol. The second kappa shape index (κ2) is 4.62. The minimum absolute atomic E-state index is 0.179. The van der Waals surface area contributed by atoms with Gasteiger partial charge in [0.15, 0.2) is 6.29 Å². The second-order valence-electron chi connectivity index (χ2n) is 3.05. The van der Waals surface area contributed by atoms with E-state index >= 15 is 0 Å². The summed E-state index contributed by atoms with van der Waals surface area (Å²) < 4.78 is 11.0. The Bertz CT molecular complexity index is 300. The lowest BCUT2D eigenvalue weighted by Crippen LogP contribution is -2.25. The van der Waals surface area contributed by atoms with Gasteiger partial charge in [0.25, 0.3) is 0 Å². The van der Waals surface area contributed by atoms with Crippen molar-refractivity contribution < 1.29 is 9.47 Å². The van der Waals surface area contributed by atoms with Crippen LogP contribution < -0.4 is 4.74 Å². The molecule has 4 heteroatoms. The van der Waals surface area contributed by atoms with E-state index in [9.17, 15) is 0 Å². The van der Waals surface area contributed by atoms with Gasteiger partial charge in [0.05, 0.1) is 6.61 Å². The molecule has 0 aliphatic carbocycles. The molecule has 3 nitrogen and oxygen atoms in total. The van der Waals surface area contributed by atoms with Crippen LogP contribution in [0.15, 0.2) is 18.3 Å². The van der Waals surface area contributed by atoms with Crippen molar-refractivity contribution in [1.82, 2.24) is 4.98 Å². The van der Waals surface area contributed by atoms with Gasteiger partial charge >= 0.3 is 0 Å². The third-order valence-corrected chi connectivity index (χ3v) is 2.16. The third-order valence-electron chi connectivity index (χ3n) is 1.95. The molecule has 1 aliphatic rings. The average molecular weight is 213 g/mol. The van der Waals surface area contributed by atoms with E-state index in [2.05, 4.69) is 11.4 Å². The van der Waals surface area contributed by atoms with Crippen LogP contribution in [0.3, 0.4) is 0 Å². The zero-order valence-corrected chi connectivity index (χ0v) is 8.41. The molecule has 2 rings (SSSR count). The van der Waals surface area contributed by atoms with E-state index in [1.807, 2.05) is 0 Å². The van der Waals surface area contributed by atoms with Crippen molar-refractivity contribution in [2.75, 3.05) is 6.61 Å². The number of hydrogen-bond donors (Lipinski definition) is 0. The van der Waals surface area contributed by atoms with Crippen LogP contribution in [0.1, 0.15) is 12.8 Å². The van der Waals surface area contributed by atoms with Crippen LogP contribution in [0, 0.1) is 6.42 Å². The molecule has 2 heterocycles. The van der Waals surface area contributed by atoms with Gasteiger partial charge in [-0.2, -0.15) is 0 Å². The molecule has 0 N–H and O–H groups in total. The summed E-state index contributed by atoms with van der Waals surface area (Å²) in [6, 6.07) is 3.45. The highest BCUT2D eigenvalue weighted by atomic mass is 35.5. The normalized spacial score (nSPS) is 21.9. The van der Waals surface area contributed by atoms with Gasteiger partial charge in [0.1, 0.15) is 10.9 Å². The molecule has 1 aromatic rings. The Balaban J connectivity index is 1.95. The number of halogens is 1. The Morgan fingerprint density at radius 2 is 2.50 bits per heavy atom. The molecule has 1 fully saturated rings. The highest BCUT2D eigenvalue weighted by molar-refractivity contribution is 6.29. The standard InChI is InChI=1S/C10H11ClNO2/c11-9-7-8(4-5-12-9)14-10-3-1-2-6-13-10/h1,4-5,7,10H,2-3,6H2. The first-order valence-electron chi connectivity index (χ1n) is 4.56. The molecule has 1 radical (unpaired) electrons. The topological polar surface area (TPSA) is 31.4 Å². The Morgan fingerprint density at radius 3 is 3.21 bits per heavy atom. The molecule has 0 spiro atoms. The van der Waals surface area contributed by atoms with E-state index < -0.39 is 0 Å². The van der Waals surface area contributed by atoms with E-state index in [0.717, 1.165) is 19.4 Å². The number of aromatic nitrogens is 1. The minimum Gasteiger partial charge on any atom is -0.465 e. The Hall–Kier alpha value is -0.800. The second-order valence-corrected chi connectivity index (χ2v) is 3.43. The highest BCUT2D eigenvalue weighted by Gasteiger charge is 2.15. The first kappa shape index (κ1) is 9.74. The largest absolute Gasteiger partial charge is 0.465 e. The molecule has 1 unspecified atom stereocenters. The van der Waals surface area contributed by atoms with Gasteiger partial charge < -0.3 is 9.47 Å². The van der Waals surface area contributed by atoms with Crippen molar-refractivity contribution >= 4 is 11.6 Å². The number of hydrogen-bond acceptors (Lipinski definition) is 3. The van der Waals surface area contributed by atoms with Crippen molar-refractivity contribution in [3.63, 3.8) is 0 Å². The number of pyridine rings is 1. The van der Waals surface area contributed by atoms with Crippen molar-refractivity contribution in [1.29, 1.82) is 0 Å². The van der Waals surface area contributed by atoms with Crippen molar-refractivity contribution in [2.45, 2.75) is 19.1 Å². The SMILES string of the molecule is Clc1cc(OC2C[CH]CCO2)ccn1. The van der Waals surface area contributed by atoms with Crippen LogP contribution in [-0.2, 0) is 4.74 Å². The molecule has 0 amide bonds. The molecule has 1 atom stereocenters. The number of ether oxygens (including phenoxy) is 2. The van der Waals surface area contributed by atoms with Crippen LogP contribution in [-0.4, -0.2) is 17.9 Å². The fourth-order valence-corrected chi connectivity index (χ4v) is 1.46. The molecule has 75 valence electrons. The van der Waals surface area contributed by atoms with Crippen molar-refractivity contribution in [3.05, 3.63) is 29.9 Å². The summed E-state index contributed by atoms with van der Waals surface area (Å²) in [5.41, 5.74) is 0. The molecule has 0 saturated carbocycles. The molecule has 1 saturated heterocycles. The van der Waals surface area contributed by atoms with E-state index in [0.29, 0.717) is 10.9 Å². The molecular formula is C10H11ClNO2. The van der Waals surface area contributed by atoms with Crippen LogP contribution >= 0.6 is 11.6 Å². The lowest BCUT2D eigenvalue weighted by molar-refractivity contribution is -0.0930. The monoisotopic (exact) mass is 212 g/mol. The third kappa shape index (κ3) is 2.59. The van der Waals surface area contributed by atoms with Crippen LogP contribution in [0.4, 0.5) is 0 Å². The van der Waals surface area contributed by atoms with E-state index in [1.54, 1.807) is 18.3 Å². The maximum atomic E-state index is 5.72. The van der Waals surface area contributed by atoms with E-state index in [4.69, 9.17) is 21.1 Å². The van der Waals surface area contributed by atoms with E-state index in [-0.39, 0.29) is 6.29 Å². The highest BCUT2D eigenvalue weighted by Crippen LogP contribution is 2.20. The van der Waals surface area contributed by atoms with Gasteiger partial charge in [-0.25, -0.2) is 4.98 Å². The lowest BCUT2D eigenvalue weighted by atomic mass is 10.2. The quantitative estimate of drug-likeness (QED) is 0.706. The summed E-state index contributed by atoms with van der Waals surface area (Å²) in [5.74, 6) is 0.699. The zero-order chi connectivity index (χ0) is 9.80. The van der Waals surface area contributed by atoms with Gasteiger partial charge in [-0.15, -0.1) is 0 Å². The van der Waals surface area contributed by atoms with Crippen LogP contribution in [0.2, 0.25) is 5.15 Å². The summed E-state index contributed by atoms with van der Waals surface area (Å²) in [5, 5.41) is 0.433. The van der Waals surface area contributed by atoms with Crippen molar-refractivity contribution in [2.24, 2.45) is 0 Å². The van der Waals surface area contributed by atoms with Gasteiger partial charge in [0.2, 0.25) is 0 Å². The molecule has 0 bridgehead atoms. The Kier molecular flexibility index (Phi) is 3.22. The maximum absolute atomic E-state index is 5.72. The summed E-state index contributed by atoms with van der Waals surface area (Å²) in [7, 11) is 0. The fourth-order valence-electron chi connectivity index (χ4n) is 1.30.